The standard InChI is InChI=1S/C11H19N3O4S2/c1-2-13-7-4-8-14-20(17,18)11-6-3-5-10(9-11)19(12,15)16/h3,5-6,9,13-14H,2,4,7-8H2,1H3,(H2,12,15,16). The first kappa shape index (κ1) is 17.1. The van der Waals surface area contributed by atoms with Gasteiger partial charge in [-0.2, -0.15) is 0 Å². The minimum Gasteiger partial charge on any atom is -0.317 e. The molecule has 20 heavy (non-hydrogen) atoms. The molecule has 0 spiro atoms. The number of benzene rings is 1. The molecule has 0 saturated carbocycles. The monoisotopic (exact) mass is 321 g/mol. The minimum absolute atomic E-state index is 0.118. The van der Waals surface area contributed by atoms with Crippen LogP contribution in [-0.2, 0) is 20.0 Å². The van der Waals surface area contributed by atoms with Gasteiger partial charge in [0.05, 0.1) is 9.79 Å². The largest absolute Gasteiger partial charge is 0.317 e. The van der Waals surface area contributed by atoms with Crippen molar-refractivity contribution in [2.24, 2.45) is 5.14 Å². The number of sulfonamides is 2. The average molecular weight is 321 g/mol. The van der Waals surface area contributed by atoms with Crippen LogP contribution in [0.5, 0.6) is 0 Å². The summed E-state index contributed by atoms with van der Waals surface area (Å²) in [7, 11) is -7.65. The number of primary sulfonamides is 1. The van der Waals surface area contributed by atoms with E-state index >= 15 is 0 Å². The second kappa shape index (κ2) is 7.14. The highest BCUT2D eigenvalue weighted by atomic mass is 32.2. The van der Waals surface area contributed by atoms with Crippen LogP contribution in [0.25, 0.3) is 0 Å². The Morgan fingerprint density at radius 1 is 1.10 bits per heavy atom. The Bertz CT molecular complexity index is 641. The number of nitrogens with one attached hydrogen (secondary N) is 2. The lowest BCUT2D eigenvalue weighted by molar-refractivity contribution is 0.575. The Morgan fingerprint density at radius 3 is 2.35 bits per heavy atom. The van der Waals surface area contributed by atoms with E-state index in [1.807, 2.05) is 6.92 Å². The van der Waals surface area contributed by atoms with Gasteiger partial charge in [0.25, 0.3) is 0 Å². The van der Waals surface area contributed by atoms with Crippen LogP contribution in [0, 0.1) is 0 Å². The van der Waals surface area contributed by atoms with Crippen molar-refractivity contribution in [3.63, 3.8) is 0 Å². The van der Waals surface area contributed by atoms with Crippen LogP contribution < -0.4 is 15.2 Å². The third-order valence-corrected chi connectivity index (χ3v) is 4.89. The van der Waals surface area contributed by atoms with Crippen LogP contribution in [0.3, 0.4) is 0 Å². The summed E-state index contributed by atoms with van der Waals surface area (Å²) in [5, 5.41) is 8.05. The van der Waals surface area contributed by atoms with Crippen molar-refractivity contribution in [2.75, 3.05) is 19.6 Å². The van der Waals surface area contributed by atoms with E-state index in [9.17, 15) is 16.8 Å². The van der Waals surface area contributed by atoms with Crippen molar-refractivity contribution < 1.29 is 16.8 Å². The van der Waals surface area contributed by atoms with Crippen LogP contribution >= 0.6 is 0 Å². The maximum Gasteiger partial charge on any atom is 0.240 e. The van der Waals surface area contributed by atoms with Crippen molar-refractivity contribution in [3.05, 3.63) is 24.3 Å². The highest BCUT2D eigenvalue weighted by molar-refractivity contribution is 7.90. The third kappa shape index (κ3) is 5.17. The van der Waals surface area contributed by atoms with E-state index in [0.717, 1.165) is 12.6 Å². The number of rotatable bonds is 8. The lowest BCUT2D eigenvalue weighted by Gasteiger charge is -2.08. The molecule has 1 aromatic rings. The van der Waals surface area contributed by atoms with E-state index in [4.69, 9.17) is 5.14 Å². The Balaban J connectivity index is 2.78. The predicted molar refractivity (Wildman–Crippen MR) is 76.2 cm³/mol. The molecule has 4 N–H and O–H groups in total. The molecule has 0 aliphatic carbocycles. The normalized spacial score (nSPS) is 12.5. The number of hydrogen-bond donors (Lipinski definition) is 3. The fraction of sp³-hybridized carbons (Fsp3) is 0.455. The van der Waals surface area contributed by atoms with Gasteiger partial charge in [0.1, 0.15) is 0 Å². The second-order valence-electron chi connectivity index (χ2n) is 4.12. The van der Waals surface area contributed by atoms with E-state index in [1.165, 1.54) is 18.2 Å². The second-order valence-corrected chi connectivity index (χ2v) is 7.45. The molecule has 9 heteroatoms. The van der Waals surface area contributed by atoms with Gasteiger partial charge in [0.15, 0.2) is 0 Å². The van der Waals surface area contributed by atoms with Gasteiger partial charge < -0.3 is 5.32 Å². The molecule has 0 aliphatic heterocycles. The number of nitrogens with two attached hydrogens (primary N) is 1. The summed E-state index contributed by atoms with van der Waals surface area (Å²) in [6, 6.07) is 4.95. The molecule has 0 bridgehead atoms. The molecule has 1 aromatic carbocycles. The Hall–Kier alpha value is -1.00. The van der Waals surface area contributed by atoms with E-state index in [1.54, 1.807) is 0 Å². The van der Waals surface area contributed by atoms with E-state index < -0.39 is 20.0 Å². The van der Waals surface area contributed by atoms with Gasteiger partial charge in [-0.15, -0.1) is 0 Å². The fourth-order valence-corrected chi connectivity index (χ4v) is 3.25. The molecule has 7 nitrogen and oxygen atoms in total. The van der Waals surface area contributed by atoms with Crippen LogP contribution in [0.4, 0.5) is 0 Å². The third-order valence-electron chi connectivity index (χ3n) is 2.52. The summed E-state index contributed by atoms with van der Waals surface area (Å²) >= 11 is 0. The van der Waals surface area contributed by atoms with Gasteiger partial charge in [0.2, 0.25) is 20.0 Å². The Morgan fingerprint density at radius 2 is 1.75 bits per heavy atom. The van der Waals surface area contributed by atoms with E-state index in [-0.39, 0.29) is 16.3 Å². The topological polar surface area (TPSA) is 118 Å². The zero-order chi connectivity index (χ0) is 15.2. The summed E-state index contributed by atoms with van der Waals surface area (Å²) in [6.45, 7) is 3.76. The zero-order valence-corrected chi connectivity index (χ0v) is 12.8. The summed E-state index contributed by atoms with van der Waals surface area (Å²) in [4.78, 5) is -0.347. The summed E-state index contributed by atoms with van der Waals surface area (Å²) in [5.41, 5.74) is 0. The molecule has 0 aromatic heterocycles. The van der Waals surface area contributed by atoms with Crippen molar-refractivity contribution in [1.29, 1.82) is 0 Å². The van der Waals surface area contributed by atoms with Crippen LogP contribution in [0.2, 0.25) is 0 Å². The van der Waals surface area contributed by atoms with Gasteiger partial charge in [-0.25, -0.2) is 26.7 Å². The summed E-state index contributed by atoms with van der Waals surface area (Å²) in [6.07, 6.45) is 0.641. The Labute approximate surface area is 119 Å². The minimum atomic E-state index is -3.92. The molecule has 114 valence electrons. The van der Waals surface area contributed by atoms with Gasteiger partial charge in [-0.1, -0.05) is 13.0 Å². The smallest absolute Gasteiger partial charge is 0.240 e. The van der Waals surface area contributed by atoms with Crippen LogP contribution in [0.15, 0.2) is 34.1 Å². The van der Waals surface area contributed by atoms with Crippen molar-refractivity contribution >= 4 is 20.0 Å². The van der Waals surface area contributed by atoms with Crippen molar-refractivity contribution in [2.45, 2.75) is 23.1 Å². The first-order chi connectivity index (χ1) is 9.27. The highest BCUT2D eigenvalue weighted by Crippen LogP contribution is 2.14. The van der Waals surface area contributed by atoms with E-state index in [2.05, 4.69) is 10.0 Å². The molecular weight excluding hydrogens is 302 g/mol. The van der Waals surface area contributed by atoms with Crippen molar-refractivity contribution in [3.8, 4) is 0 Å². The molecule has 1 rings (SSSR count). The Kier molecular flexibility index (Phi) is 6.08. The first-order valence-corrected chi connectivity index (χ1v) is 9.13. The molecular formula is C11H19N3O4S2. The lowest BCUT2D eigenvalue weighted by Crippen LogP contribution is -2.27. The maximum absolute atomic E-state index is 12.0. The zero-order valence-electron chi connectivity index (χ0n) is 11.2. The fourth-order valence-electron chi connectivity index (χ4n) is 1.50. The molecule has 0 aliphatic rings. The lowest BCUT2D eigenvalue weighted by atomic mass is 10.4. The molecule has 0 unspecified atom stereocenters. The molecule has 0 atom stereocenters. The highest BCUT2D eigenvalue weighted by Gasteiger charge is 2.16. The summed E-state index contributed by atoms with van der Waals surface area (Å²) < 4.78 is 48.8. The van der Waals surface area contributed by atoms with Gasteiger partial charge in [-0.3, -0.25) is 0 Å². The van der Waals surface area contributed by atoms with E-state index in [0.29, 0.717) is 13.0 Å². The van der Waals surface area contributed by atoms with Crippen LogP contribution in [-0.4, -0.2) is 36.5 Å². The van der Waals surface area contributed by atoms with Gasteiger partial charge in [-0.05, 0) is 37.7 Å². The first-order valence-electron chi connectivity index (χ1n) is 6.10. The molecule has 0 heterocycles. The molecule has 0 amide bonds. The predicted octanol–water partition coefficient (Wildman–Crippen LogP) is -0.388. The molecule has 0 saturated heterocycles. The average Bonchev–Trinajstić information content (AvgIpc) is 2.37. The van der Waals surface area contributed by atoms with Crippen LogP contribution in [0.1, 0.15) is 13.3 Å². The maximum atomic E-state index is 12.0. The number of hydrogen-bond acceptors (Lipinski definition) is 5. The summed E-state index contributed by atoms with van der Waals surface area (Å²) in [5.74, 6) is 0. The van der Waals surface area contributed by atoms with Crippen molar-refractivity contribution in [1.82, 2.24) is 10.0 Å². The van der Waals surface area contributed by atoms with Gasteiger partial charge >= 0.3 is 0 Å². The SMILES string of the molecule is CCNCCCNS(=O)(=O)c1cccc(S(N)(=O)=O)c1. The van der Waals surface area contributed by atoms with Gasteiger partial charge in [0, 0.05) is 6.54 Å². The molecule has 0 radical (unpaired) electrons. The quantitative estimate of drug-likeness (QED) is 0.564. The molecule has 0 fully saturated rings.